The molecule has 0 spiro atoms. The molecule has 1 atom stereocenters. The third kappa shape index (κ3) is 2.40. The number of carbonyl (C=O) groups excluding carboxylic acids is 1. The van der Waals surface area contributed by atoms with Crippen LogP contribution in [0.2, 0.25) is 0 Å². The molecule has 0 aromatic carbocycles. The van der Waals surface area contributed by atoms with Crippen LogP contribution in [0.4, 0.5) is 0 Å². The van der Waals surface area contributed by atoms with E-state index in [9.17, 15) is 14.4 Å². The van der Waals surface area contributed by atoms with E-state index in [1.165, 1.54) is 20.7 Å². The van der Waals surface area contributed by atoms with Crippen molar-refractivity contribution in [2.75, 3.05) is 13.6 Å². The van der Waals surface area contributed by atoms with Gasteiger partial charge in [0.2, 0.25) is 5.91 Å². The van der Waals surface area contributed by atoms with Crippen LogP contribution in [0, 0.1) is 6.92 Å². The largest absolute Gasteiger partial charge is 0.344 e. The number of piperidine rings is 1. The minimum atomic E-state index is -0.452. The van der Waals surface area contributed by atoms with Gasteiger partial charge in [0.15, 0.2) is 0 Å². The van der Waals surface area contributed by atoms with Gasteiger partial charge in [-0.2, -0.15) is 10.2 Å². The molecule has 1 aliphatic heterocycles. The van der Waals surface area contributed by atoms with Crippen molar-refractivity contribution in [3.8, 4) is 5.00 Å². The molecule has 3 aromatic heterocycles. The summed E-state index contributed by atoms with van der Waals surface area (Å²) in [4.78, 5) is 43.5. The maximum absolute atomic E-state index is 13.0. The second-order valence-corrected chi connectivity index (χ2v) is 7.13. The standard InChI is InChI=1S/C15H16N6O3S/c1-8-11-12(25-14(8)21-16-5-6-17-21)18-15(24)20(13(11)23)9-3-4-10(22)19(2)7-9/h5-6,9H,3-4,7H2,1-2H3,(H,18,24). The molecule has 1 aliphatic rings. The molecule has 1 amide bonds. The number of hydrogen-bond acceptors (Lipinski definition) is 6. The maximum Gasteiger partial charge on any atom is 0.329 e. The summed E-state index contributed by atoms with van der Waals surface area (Å²) in [7, 11) is 1.68. The van der Waals surface area contributed by atoms with Crippen LogP contribution in [-0.4, -0.2) is 48.9 Å². The molecule has 0 radical (unpaired) electrons. The molecule has 1 fully saturated rings. The fraction of sp³-hybridized carbons (Fsp3) is 0.400. The maximum atomic E-state index is 13.0. The molecule has 0 aliphatic carbocycles. The summed E-state index contributed by atoms with van der Waals surface area (Å²) in [5.41, 5.74) is -0.0587. The number of aryl methyl sites for hydroxylation is 1. The number of rotatable bonds is 2. The van der Waals surface area contributed by atoms with Crippen molar-refractivity contribution in [2.45, 2.75) is 25.8 Å². The second kappa shape index (κ2) is 5.66. The fourth-order valence-electron chi connectivity index (χ4n) is 3.26. The lowest BCUT2D eigenvalue weighted by molar-refractivity contribution is -0.133. The van der Waals surface area contributed by atoms with Gasteiger partial charge in [-0.15, -0.1) is 4.80 Å². The van der Waals surface area contributed by atoms with Crippen LogP contribution in [0.5, 0.6) is 0 Å². The molecule has 1 unspecified atom stereocenters. The number of fused-ring (bicyclic) bond motifs is 1. The monoisotopic (exact) mass is 360 g/mol. The van der Waals surface area contributed by atoms with Crippen molar-refractivity contribution in [3.63, 3.8) is 0 Å². The molecular weight excluding hydrogens is 344 g/mol. The van der Waals surface area contributed by atoms with Gasteiger partial charge in [-0.05, 0) is 13.3 Å². The highest BCUT2D eigenvalue weighted by molar-refractivity contribution is 7.21. The van der Waals surface area contributed by atoms with Crippen LogP contribution in [0.3, 0.4) is 0 Å². The van der Waals surface area contributed by atoms with E-state index in [1.807, 2.05) is 6.92 Å². The van der Waals surface area contributed by atoms with Gasteiger partial charge < -0.3 is 4.90 Å². The molecule has 10 heteroatoms. The van der Waals surface area contributed by atoms with E-state index in [2.05, 4.69) is 15.2 Å². The number of amides is 1. The third-order valence-corrected chi connectivity index (χ3v) is 5.73. The van der Waals surface area contributed by atoms with Crippen LogP contribution in [-0.2, 0) is 4.79 Å². The number of thiophene rings is 1. The first-order valence-corrected chi connectivity index (χ1v) is 8.67. The summed E-state index contributed by atoms with van der Waals surface area (Å²) in [6, 6.07) is -0.325. The number of aromatic nitrogens is 5. The van der Waals surface area contributed by atoms with Gasteiger partial charge in [0, 0.05) is 25.6 Å². The highest BCUT2D eigenvalue weighted by Crippen LogP contribution is 2.29. The van der Waals surface area contributed by atoms with Crippen molar-refractivity contribution in [1.82, 2.24) is 29.4 Å². The van der Waals surface area contributed by atoms with Gasteiger partial charge in [-0.25, -0.2) is 4.79 Å². The lowest BCUT2D eigenvalue weighted by Gasteiger charge is -2.30. The van der Waals surface area contributed by atoms with Crippen molar-refractivity contribution < 1.29 is 4.79 Å². The van der Waals surface area contributed by atoms with E-state index in [4.69, 9.17) is 0 Å². The van der Waals surface area contributed by atoms with Gasteiger partial charge in [-0.1, -0.05) is 11.3 Å². The molecule has 0 saturated carbocycles. The smallest absolute Gasteiger partial charge is 0.329 e. The zero-order valence-corrected chi connectivity index (χ0v) is 14.5. The van der Waals surface area contributed by atoms with E-state index in [1.54, 1.807) is 24.3 Å². The van der Waals surface area contributed by atoms with E-state index in [0.717, 1.165) is 5.56 Å². The van der Waals surface area contributed by atoms with Gasteiger partial charge >= 0.3 is 5.69 Å². The van der Waals surface area contributed by atoms with Crippen LogP contribution in [0.15, 0.2) is 22.0 Å². The fourth-order valence-corrected chi connectivity index (χ4v) is 4.37. The minimum Gasteiger partial charge on any atom is -0.344 e. The van der Waals surface area contributed by atoms with Crippen molar-refractivity contribution in [3.05, 3.63) is 38.8 Å². The molecule has 25 heavy (non-hydrogen) atoms. The predicted molar refractivity (Wildman–Crippen MR) is 92.3 cm³/mol. The number of hydrogen-bond donors (Lipinski definition) is 1. The molecular formula is C15H16N6O3S. The Morgan fingerprint density at radius 1 is 1.24 bits per heavy atom. The summed E-state index contributed by atoms with van der Waals surface area (Å²) in [6.45, 7) is 2.17. The Balaban J connectivity index is 1.90. The Bertz CT molecular complexity index is 1080. The molecule has 4 rings (SSSR count). The molecule has 4 heterocycles. The van der Waals surface area contributed by atoms with Crippen molar-refractivity contribution in [1.29, 1.82) is 0 Å². The van der Waals surface area contributed by atoms with Gasteiger partial charge in [0.05, 0.1) is 23.8 Å². The van der Waals surface area contributed by atoms with E-state index < -0.39 is 5.69 Å². The van der Waals surface area contributed by atoms with Crippen molar-refractivity contribution >= 4 is 27.5 Å². The first-order chi connectivity index (χ1) is 12.0. The number of likely N-dealkylation sites (tertiary alicyclic amines) is 1. The minimum absolute atomic E-state index is 0.0283. The average Bonchev–Trinajstić information content (AvgIpc) is 3.19. The summed E-state index contributed by atoms with van der Waals surface area (Å²) < 4.78 is 1.24. The summed E-state index contributed by atoms with van der Waals surface area (Å²) >= 11 is 1.27. The highest BCUT2D eigenvalue weighted by atomic mass is 32.1. The lowest BCUT2D eigenvalue weighted by Crippen LogP contribution is -2.46. The third-order valence-electron chi connectivity index (χ3n) is 4.56. The Morgan fingerprint density at radius 3 is 2.64 bits per heavy atom. The summed E-state index contributed by atoms with van der Waals surface area (Å²) in [6.07, 6.45) is 3.92. The Morgan fingerprint density at radius 2 is 1.96 bits per heavy atom. The molecule has 1 N–H and O–H groups in total. The summed E-state index contributed by atoms with van der Waals surface area (Å²) in [5, 5.41) is 9.36. The first kappa shape index (κ1) is 15.8. The average molecular weight is 360 g/mol. The SMILES string of the molecule is Cc1c(-n2nccn2)sc2[nH]c(=O)n(C3CCC(=O)N(C)C3)c(=O)c12. The number of nitrogens with zero attached hydrogens (tertiary/aromatic N) is 5. The van der Waals surface area contributed by atoms with E-state index in [-0.39, 0.29) is 17.5 Å². The Hall–Kier alpha value is -2.75. The Labute approximate surface area is 145 Å². The number of aromatic amines is 1. The van der Waals surface area contributed by atoms with Gasteiger partial charge in [0.25, 0.3) is 5.56 Å². The number of likely N-dealkylation sites (N-methyl/N-ethyl adjacent to an activating group) is 1. The van der Waals surface area contributed by atoms with Gasteiger partial charge in [-0.3, -0.25) is 19.1 Å². The normalized spacial score (nSPS) is 18.2. The molecule has 1 saturated heterocycles. The number of nitrogens with one attached hydrogen (secondary N) is 1. The molecule has 130 valence electrons. The first-order valence-electron chi connectivity index (χ1n) is 7.86. The van der Waals surface area contributed by atoms with Crippen LogP contribution in [0.25, 0.3) is 15.2 Å². The molecule has 9 nitrogen and oxygen atoms in total. The zero-order chi connectivity index (χ0) is 17.7. The quantitative estimate of drug-likeness (QED) is 0.713. The van der Waals surface area contributed by atoms with E-state index in [0.29, 0.717) is 34.6 Å². The molecule has 3 aromatic rings. The topological polar surface area (TPSA) is 106 Å². The number of H-pyrrole nitrogens is 1. The van der Waals surface area contributed by atoms with Crippen LogP contribution >= 0.6 is 11.3 Å². The van der Waals surface area contributed by atoms with Gasteiger partial charge in [0.1, 0.15) is 9.83 Å². The Kier molecular flexibility index (Phi) is 3.57. The summed E-state index contributed by atoms with van der Waals surface area (Å²) in [5.74, 6) is 0.0283. The van der Waals surface area contributed by atoms with Crippen LogP contribution in [0.1, 0.15) is 24.4 Å². The highest BCUT2D eigenvalue weighted by Gasteiger charge is 2.28. The lowest BCUT2D eigenvalue weighted by atomic mass is 10.1. The number of carbonyl (C=O) groups is 1. The van der Waals surface area contributed by atoms with Crippen molar-refractivity contribution in [2.24, 2.45) is 0 Å². The predicted octanol–water partition coefficient (Wildman–Crippen LogP) is 0.434. The van der Waals surface area contributed by atoms with E-state index >= 15 is 0 Å². The van der Waals surface area contributed by atoms with Crippen LogP contribution < -0.4 is 11.2 Å². The second-order valence-electron chi connectivity index (χ2n) is 6.13. The molecule has 0 bridgehead atoms. The zero-order valence-electron chi connectivity index (χ0n) is 13.7.